The van der Waals surface area contributed by atoms with Crippen LogP contribution in [0.5, 0.6) is 5.88 Å². The van der Waals surface area contributed by atoms with Crippen LogP contribution in [0, 0.1) is 0 Å². The summed E-state index contributed by atoms with van der Waals surface area (Å²) in [7, 11) is -4.11. The molecular formula is C28H32ClN15O4S. The van der Waals surface area contributed by atoms with Gasteiger partial charge < -0.3 is 25.9 Å². The van der Waals surface area contributed by atoms with Crippen molar-refractivity contribution in [2.45, 2.75) is 17.9 Å². The number of rotatable bonds is 9. The van der Waals surface area contributed by atoms with Crippen molar-refractivity contribution >= 4 is 37.2 Å². The molecule has 2 aromatic carbocycles. The van der Waals surface area contributed by atoms with E-state index in [1.165, 1.54) is 12.1 Å². The van der Waals surface area contributed by atoms with Crippen LogP contribution in [0.4, 0.5) is 0 Å². The van der Waals surface area contributed by atoms with Crippen molar-refractivity contribution in [3.05, 3.63) is 114 Å². The van der Waals surface area contributed by atoms with Gasteiger partial charge >= 0.3 is 0 Å². The van der Waals surface area contributed by atoms with Crippen LogP contribution in [0.25, 0.3) is 15.8 Å². The van der Waals surface area contributed by atoms with Gasteiger partial charge in [0.1, 0.15) is 10.6 Å². The highest BCUT2D eigenvalue weighted by Gasteiger charge is 2.32. The predicted octanol–water partition coefficient (Wildman–Crippen LogP) is 2.53. The van der Waals surface area contributed by atoms with Gasteiger partial charge in [-0.3, -0.25) is 0 Å². The highest BCUT2D eigenvalue weighted by molar-refractivity contribution is 8.00. The van der Waals surface area contributed by atoms with E-state index in [0.29, 0.717) is 28.1 Å². The second-order valence-corrected chi connectivity index (χ2v) is 11.5. The summed E-state index contributed by atoms with van der Waals surface area (Å²) in [5.74, 6) is 0.0577. The Labute approximate surface area is 283 Å². The van der Waals surface area contributed by atoms with E-state index in [-0.39, 0.29) is 33.9 Å². The van der Waals surface area contributed by atoms with Crippen molar-refractivity contribution in [3.8, 4) is 5.88 Å². The van der Waals surface area contributed by atoms with Crippen LogP contribution >= 0.6 is 11.6 Å². The third-order valence-corrected chi connectivity index (χ3v) is 8.24. The zero-order valence-corrected chi connectivity index (χ0v) is 27.4. The van der Waals surface area contributed by atoms with E-state index in [1.54, 1.807) is 79.8 Å². The fraction of sp³-hybridized carbons (Fsp3) is 0.143. The Balaban J connectivity index is 0.000000292. The quantitative estimate of drug-likeness (QED) is 0.0837. The van der Waals surface area contributed by atoms with E-state index in [0.717, 1.165) is 0 Å². The number of hydrogen-bond acceptors (Lipinski definition) is 14. The monoisotopic (exact) mass is 709 g/mol. The first-order valence-electron chi connectivity index (χ1n) is 14.2. The first-order chi connectivity index (χ1) is 23.8. The molecule has 0 saturated carbocycles. The molecule has 21 heteroatoms. The van der Waals surface area contributed by atoms with E-state index in [9.17, 15) is 8.42 Å². The molecular weight excluding hydrogens is 678 g/mol. The zero-order chi connectivity index (χ0) is 34.9. The molecule has 5 aromatic heterocycles. The van der Waals surface area contributed by atoms with Crippen molar-refractivity contribution in [1.82, 2.24) is 66.6 Å². The van der Waals surface area contributed by atoms with Crippen LogP contribution in [-0.2, 0) is 14.6 Å². The number of nitrogens with one attached hydrogen (secondary N) is 5. The molecule has 0 fully saturated rings. The minimum atomic E-state index is -4.11. The van der Waals surface area contributed by atoms with Gasteiger partial charge in [0, 0.05) is 34.3 Å². The number of ether oxygens (including phenoxy) is 2. The van der Waals surface area contributed by atoms with E-state index in [1.807, 2.05) is 6.92 Å². The topological polar surface area (TPSA) is 287 Å². The number of benzene rings is 2. The molecule has 0 aliphatic rings. The van der Waals surface area contributed by atoms with Crippen molar-refractivity contribution in [1.29, 1.82) is 0 Å². The number of nitrogens with two attached hydrogens (primary N) is 2. The number of fused-ring (bicyclic) bond motifs is 1. The van der Waals surface area contributed by atoms with E-state index < -0.39 is 15.9 Å². The maximum absolute atomic E-state index is 13.8. The van der Waals surface area contributed by atoms with Crippen molar-refractivity contribution in [2.24, 2.45) is 11.5 Å². The fourth-order valence-corrected chi connectivity index (χ4v) is 5.78. The lowest BCUT2D eigenvalue weighted by atomic mass is 10.1. The molecule has 1 atom stereocenters. The molecule has 7 aromatic rings. The maximum atomic E-state index is 13.8. The number of sulfone groups is 1. The predicted molar refractivity (Wildman–Crippen MR) is 178 cm³/mol. The van der Waals surface area contributed by atoms with Crippen molar-refractivity contribution < 1.29 is 17.9 Å². The highest BCUT2D eigenvalue weighted by atomic mass is 35.5. The minimum absolute atomic E-state index is 0.0577. The van der Waals surface area contributed by atoms with Gasteiger partial charge in [0.25, 0.3) is 5.88 Å². The Morgan fingerprint density at radius 2 is 1.45 bits per heavy atom. The molecule has 256 valence electrons. The van der Waals surface area contributed by atoms with Gasteiger partial charge in [-0.15, -0.1) is 5.10 Å². The smallest absolute Gasteiger partial charge is 0.260 e. The second-order valence-electron chi connectivity index (χ2n) is 9.21. The van der Waals surface area contributed by atoms with Crippen LogP contribution in [0.15, 0.2) is 103 Å². The van der Waals surface area contributed by atoms with E-state index >= 15 is 0 Å². The molecule has 0 aliphatic heterocycles. The van der Waals surface area contributed by atoms with E-state index in [4.69, 9.17) is 32.5 Å². The Hall–Kier alpha value is -5.96. The van der Waals surface area contributed by atoms with Crippen LogP contribution in [0.3, 0.4) is 0 Å². The number of H-pyrrole nitrogens is 5. The fourth-order valence-electron chi connectivity index (χ4n) is 3.96. The molecule has 5 heterocycles. The number of aromatic nitrogens is 13. The minimum Gasteiger partial charge on any atom is -0.448 e. The largest absolute Gasteiger partial charge is 0.448 e. The van der Waals surface area contributed by atoms with Gasteiger partial charge in [0.2, 0.25) is 9.84 Å². The lowest BCUT2D eigenvalue weighted by Crippen LogP contribution is -2.24. The van der Waals surface area contributed by atoms with Gasteiger partial charge in [0.05, 0.1) is 53.8 Å². The summed E-state index contributed by atoms with van der Waals surface area (Å²) in [5.41, 5.74) is 13.9. The first kappa shape index (κ1) is 35.9. The molecule has 1 unspecified atom stereocenters. The Kier molecular flexibility index (Phi) is 13.5. The van der Waals surface area contributed by atoms with E-state index in [2.05, 4.69) is 66.6 Å². The number of nitrogens with zero attached hydrogens (tertiary/aromatic N) is 8. The van der Waals surface area contributed by atoms with Crippen molar-refractivity contribution in [3.63, 3.8) is 0 Å². The molecule has 49 heavy (non-hydrogen) atoms. The Morgan fingerprint density at radius 1 is 0.857 bits per heavy atom. The summed E-state index contributed by atoms with van der Waals surface area (Å²) in [6, 6.07) is 11.9. The number of aromatic amines is 5. The molecule has 0 saturated heterocycles. The summed E-state index contributed by atoms with van der Waals surface area (Å²) >= 11 is 6.20. The summed E-state index contributed by atoms with van der Waals surface area (Å²) < 4.78 is 38.3. The van der Waals surface area contributed by atoms with Crippen molar-refractivity contribution in [2.75, 3.05) is 13.4 Å². The normalized spacial score (nSPS) is 11.9. The summed E-state index contributed by atoms with van der Waals surface area (Å²) in [6.07, 6.45) is 11.1. The SMILES string of the molecule is CCOCOc1n[nH]nc1C(N)C(N)=C(c1c[nH]c2ccc(Cl)cc12)S(=O)(=O)c1ccccc1.c1cn[nH]n1.c1cn[nH]n1.c1cn[nH]n1. The third kappa shape index (κ3) is 10.0. The Morgan fingerprint density at radius 3 is 1.98 bits per heavy atom. The molecule has 0 spiro atoms. The molecule has 0 aliphatic carbocycles. The average molecular weight is 710 g/mol. The van der Waals surface area contributed by atoms with Gasteiger partial charge in [-0.1, -0.05) is 29.8 Å². The molecule has 0 bridgehead atoms. The second kappa shape index (κ2) is 18.4. The zero-order valence-electron chi connectivity index (χ0n) is 25.8. The van der Waals surface area contributed by atoms with Crippen LogP contribution in [0.2, 0.25) is 5.02 Å². The molecule has 19 nitrogen and oxygen atoms in total. The summed E-state index contributed by atoms with van der Waals surface area (Å²) in [4.78, 5) is 2.96. The lowest BCUT2D eigenvalue weighted by molar-refractivity contribution is 0.0189. The van der Waals surface area contributed by atoms with Gasteiger partial charge in [0.15, 0.2) is 6.79 Å². The average Bonchev–Trinajstić information content (AvgIpc) is 3.97. The third-order valence-electron chi connectivity index (χ3n) is 6.12. The number of hydrogen-bond donors (Lipinski definition) is 7. The first-order valence-corrected chi connectivity index (χ1v) is 16.0. The standard InChI is InChI=1S/C22H23ClN6O4S.3C2H3N3/c1-2-32-12-33-22-20(27-29-28-22)18(24)19(25)21(34(30,31)14-6-4-3-5-7-14)16-11-26-17-9-8-13(23)10-15(16)17;3*1-2-4-5-3-1/h3-11,18,26H,2,12,24-25H2,1H3,(H,27,28,29);3*1-2H,(H,3,4,5). The van der Waals surface area contributed by atoms with Gasteiger partial charge in [-0.05, 0) is 37.3 Å². The molecule has 0 amide bonds. The molecule has 0 radical (unpaired) electrons. The number of halogens is 1. The van der Waals surface area contributed by atoms with Crippen LogP contribution in [0.1, 0.15) is 24.2 Å². The molecule has 7 rings (SSSR count). The summed E-state index contributed by atoms with van der Waals surface area (Å²) in [5, 5.41) is 39.4. The van der Waals surface area contributed by atoms with Crippen LogP contribution < -0.4 is 16.2 Å². The maximum Gasteiger partial charge on any atom is 0.260 e. The lowest BCUT2D eigenvalue weighted by Gasteiger charge is -2.17. The van der Waals surface area contributed by atoms with Gasteiger partial charge in [-0.2, -0.15) is 56.5 Å². The Bertz CT molecular complexity index is 1940. The highest BCUT2D eigenvalue weighted by Crippen LogP contribution is 2.38. The molecule has 9 N–H and O–H groups in total. The van der Waals surface area contributed by atoms with Gasteiger partial charge in [-0.25, -0.2) is 8.42 Å². The van der Waals surface area contributed by atoms with Crippen LogP contribution in [-0.4, -0.2) is 88.4 Å². The summed E-state index contributed by atoms with van der Waals surface area (Å²) in [6.45, 7) is 2.17.